The normalized spacial score (nSPS) is 14.1. The molecule has 5 rings (SSSR count). The van der Waals surface area contributed by atoms with E-state index in [0.29, 0.717) is 23.1 Å². The van der Waals surface area contributed by atoms with Crippen molar-refractivity contribution >= 4 is 34.0 Å². The quantitative estimate of drug-likeness (QED) is 0.498. The summed E-state index contributed by atoms with van der Waals surface area (Å²) in [7, 11) is 1.90. The first-order valence-corrected chi connectivity index (χ1v) is 10.7. The van der Waals surface area contributed by atoms with E-state index in [1.165, 1.54) is 12.7 Å². The number of hydrogen-bond acceptors (Lipinski definition) is 7. The number of fused-ring (bicyclic) bond motifs is 1. The first-order chi connectivity index (χ1) is 15.5. The molecule has 3 N–H and O–H groups in total. The number of carbonyl (C=O) groups excluding carboxylic acids is 1. The van der Waals surface area contributed by atoms with E-state index in [9.17, 15) is 4.79 Å². The number of nitrogens with zero attached hydrogens (tertiary/aromatic N) is 5. The van der Waals surface area contributed by atoms with Crippen LogP contribution in [0.15, 0.2) is 47.2 Å². The van der Waals surface area contributed by atoms with Gasteiger partial charge in [0, 0.05) is 31.7 Å². The fourth-order valence-electron chi connectivity index (χ4n) is 4.12. The smallest absolute Gasteiger partial charge is 0.245 e. The second-order valence-electron chi connectivity index (χ2n) is 8.10. The molecule has 0 spiro atoms. The number of nitrogens with one attached hydrogen (secondary N) is 1. The van der Waals surface area contributed by atoms with E-state index >= 15 is 0 Å². The van der Waals surface area contributed by atoms with Crippen molar-refractivity contribution in [3.63, 3.8) is 0 Å². The Morgan fingerprint density at radius 3 is 2.84 bits per heavy atom. The van der Waals surface area contributed by atoms with Crippen LogP contribution in [-0.4, -0.2) is 38.7 Å². The van der Waals surface area contributed by atoms with Crippen LogP contribution in [-0.2, 0) is 18.3 Å². The van der Waals surface area contributed by atoms with Crippen LogP contribution in [0.2, 0.25) is 0 Å². The Morgan fingerprint density at radius 2 is 2.03 bits per heavy atom. The molecule has 32 heavy (non-hydrogen) atoms. The second kappa shape index (κ2) is 8.33. The number of oxazole rings is 1. The number of nitrogen functional groups attached to an aromatic ring is 1. The molecule has 0 bridgehead atoms. The Hall–Kier alpha value is -3.88. The molecule has 1 aliphatic rings. The number of amides is 1. The third-order valence-electron chi connectivity index (χ3n) is 5.59. The Balaban J connectivity index is 1.37. The number of piperidine rings is 1. The maximum atomic E-state index is 12.9. The Kier molecular flexibility index (Phi) is 5.22. The highest BCUT2D eigenvalue weighted by atomic mass is 16.3. The largest absolute Gasteiger partial charge is 0.443 e. The summed E-state index contributed by atoms with van der Waals surface area (Å²) in [6, 6.07) is 9.30. The van der Waals surface area contributed by atoms with Crippen molar-refractivity contribution in [2.45, 2.75) is 25.7 Å². The van der Waals surface area contributed by atoms with E-state index in [-0.39, 0.29) is 12.3 Å². The third kappa shape index (κ3) is 4.14. The van der Waals surface area contributed by atoms with Crippen LogP contribution >= 0.6 is 0 Å². The molecule has 1 fully saturated rings. The lowest BCUT2D eigenvalue weighted by Crippen LogP contribution is -2.30. The highest BCUT2D eigenvalue weighted by Gasteiger charge is 2.19. The lowest BCUT2D eigenvalue weighted by molar-refractivity contribution is -0.115. The lowest BCUT2D eigenvalue weighted by Gasteiger charge is -2.30. The Labute approximate surface area is 185 Å². The number of pyridine rings is 1. The molecule has 1 saturated heterocycles. The molecule has 9 nitrogen and oxygen atoms in total. The number of hydrogen-bond donors (Lipinski definition) is 2. The molecule has 1 aromatic carbocycles. The fourth-order valence-corrected chi connectivity index (χ4v) is 4.12. The zero-order chi connectivity index (χ0) is 22.1. The van der Waals surface area contributed by atoms with Crippen LogP contribution in [0.4, 0.5) is 17.2 Å². The Morgan fingerprint density at radius 1 is 1.19 bits per heavy atom. The summed E-state index contributed by atoms with van der Waals surface area (Å²) < 4.78 is 7.30. The van der Waals surface area contributed by atoms with E-state index < -0.39 is 0 Å². The van der Waals surface area contributed by atoms with Crippen molar-refractivity contribution in [3.8, 4) is 11.6 Å². The first kappa shape index (κ1) is 20.0. The van der Waals surface area contributed by atoms with Gasteiger partial charge in [0.1, 0.15) is 17.8 Å². The predicted octanol–water partition coefficient (Wildman–Crippen LogP) is 3.38. The van der Waals surface area contributed by atoms with Crippen LogP contribution in [0.1, 0.15) is 25.0 Å². The van der Waals surface area contributed by atoms with Gasteiger partial charge in [-0.25, -0.2) is 9.97 Å². The molecule has 0 saturated carbocycles. The SMILES string of the molecule is Cn1cc2cc(NC(=O)Cc3coc(-c4cccc(N)n4)n3)c(N3CCCCC3)cc2n1. The summed E-state index contributed by atoms with van der Waals surface area (Å²) in [6.07, 6.45) is 7.06. The average molecular weight is 432 g/mol. The van der Waals surface area contributed by atoms with E-state index in [2.05, 4.69) is 31.3 Å². The molecule has 0 radical (unpaired) electrons. The van der Waals surface area contributed by atoms with Crippen molar-refractivity contribution in [2.75, 3.05) is 29.0 Å². The van der Waals surface area contributed by atoms with E-state index in [4.69, 9.17) is 10.2 Å². The molecule has 0 atom stereocenters. The lowest BCUT2D eigenvalue weighted by atomic mass is 10.1. The Bertz CT molecular complexity index is 1270. The number of nitrogens with two attached hydrogens (primary N) is 1. The minimum absolute atomic E-state index is 0.0936. The van der Waals surface area contributed by atoms with Gasteiger partial charge in [-0.15, -0.1) is 0 Å². The number of aryl methyl sites for hydroxylation is 1. The van der Waals surface area contributed by atoms with Gasteiger partial charge in [0.05, 0.1) is 29.0 Å². The minimum atomic E-state index is -0.160. The van der Waals surface area contributed by atoms with Gasteiger partial charge in [0.25, 0.3) is 0 Å². The van der Waals surface area contributed by atoms with Crippen LogP contribution in [0.3, 0.4) is 0 Å². The third-order valence-corrected chi connectivity index (χ3v) is 5.59. The molecule has 0 aliphatic carbocycles. The van der Waals surface area contributed by atoms with Crippen LogP contribution < -0.4 is 16.0 Å². The standard InChI is InChI=1S/C23H25N7O2/c1-29-13-15-10-19(20(12-18(15)28-29)30-8-3-2-4-9-30)27-22(31)11-16-14-32-23(25-16)17-6-5-7-21(24)26-17/h5-7,10,12-14H,2-4,8-9,11H2,1H3,(H2,24,26)(H,27,31). The molecule has 4 heterocycles. The van der Waals surface area contributed by atoms with Crippen LogP contribution in [0.5, 0.6) is 0 Å². The van der Waals surface area contributed by atoms with Gasteiger partial charge < -0.3 is 20.4 Å². The molecule has 1 amide bonds. The minimum Gasteiger partial charge on any atom is -0.443 e. The second-order valence-corrected chi connectivity index (χ2v) is 8.10. The highest BCUT2D eigenvalue weighted by molar-refractivity contribution is 5.99. The van der Waals surface area contributed by atoms with Gasteiger partial charge in [-0.05, 0) is 43.5 Å². The summed E-state index contributed by atoms with van der Waals surface area (Å²) >= 11 is 0. The number of benzene rings is 1. The predicted molar refractivity (Wildman–Crippen MR) is 123 cm³/mol. The van der Waals surface area contributed by atoms with Crippen molar-refractivity contribution in [1.82, 2.24) is 19.7 Å². The van der Waals surface area contributed by atoms with E-state index in [1.807, 2.05) is 19.3 Å². The van der Waals surface area contributed by atoms with Gasteiger partial charge in [0.2, 0.25) is 11.8 Å². The summed E-state index contributed by atoms with van der Waals surface area (Å²) in [5, 5.41) is 8.60. The van der Waals surface area contributed by atoms with Crippen LogP contribution in [0.25, 0.3) is 22.5 Å². The monoisotopic (exact) mass is 431 g/mol. The van der Waals surface area contributed by atoms with E-state index in [1.54, 1.807) is 22.9 Å². The van der Waals surface area contributed by atoms with Crippen molar-refractivity contribution in [2.24, 2.45) is 7.05 Å². The number of anilines is 3. The highest BCUT2D eigenvalue weighted by Crippen LogP contribution is 2.33. The maximum absolute atomic E-state index is 12.9. The van der Waals surface area contributed by atoms with Gasteiger partial charge in [-0.1, -0.05) is 6.07 Å². The summed E-state index contributed by atoms with van der Waals surface area (Å²) in [6.45, 7) is 1.95. The maximum Gasteiger partial charge on any atom is 0.245 e. The van der Waals surface area contributed by atoms with Gasteiger partial charge in [0.15, 0.2) is 0 Å². The van der Waals surface area contributed by atoms with Gasteiger partial charge >= 0.3 is 0 Å². The fraction of sp³-hybridized carbons (Fsp3) is 0.304. The molecule has 164 valence electrons. The number of rotatable bonds is 5. The number of carbonyl (C=O) groups is 1. The first-order valence-electron chi connectivity index (χ1n) is 10.7. The molecule has 4 aromatic rings. The van der Waals surface area contributed by atoms with Crippen molar-refractivity contribution < 1.29 is 9.21 Å². The van der Waals surface area contributed by atoms with Crippen molar-refractivity contribution in [3.05, 3.63) is 48.5 Å². The average Bonchev–Trinajstić information content (AvgIpc) is 3.39. The summed E-state index contributed by atoms with van der Waals surface area (Å²) in [5.74, 6) is 0.564. The number of aromatic nitrogens is 4. The van der Waals surface area contributed by atoms with Crippen molar-refractivity contribution in [1.29, 1.82) is 0 Å². The summed E-state index contributed by atoms with van der Waals surface area (Å²) in [4.78, 5) is 23.8. The van der Waals surface area contributed by atoms with Gasteiger partial charge in [-0.2, -0.15) is 5.10 Å². The molecular weight excluding hydrogens is 406 g/mol. The topological polar surface area (TPSA) is 115 Å². The zero-order valence-electron chi connectivity index (χ0n) is 17.9. The summed E-state index contributed by atoms with van der Waals surface area (Å²) in [5.41, 5.74) is 9.51. The van der Waals surface area contributed by atoms with Gasteiger partial charge in [-0.3, -0.25) is 9.48 Å². The molecule has 3 aromatic heterocycles. The molecule has 1 aliphatic heterocycles. The molecule has 0 unspecified atom stereocenters. The van der Waals surface area contributed by atoms with E-state index in [0.717, 1.165) is 48.2 Å². The zero-order valence-corrected chi connectivity index (χ0v) is 17.9. The molecule has 9 heteroatoms. The molecular formula is C23H25N7O2. The van der Waals surface area contributed by atoms with Crippen LogP contribution in [0, 0.1) is 0 Å².